The van der Waals surface area contributed by atoms with Crippen LogP contribution >= 0.6 is 0 Å². The molecule has 3 nitrogen and oxygen atoms in total. The summed E-state index contributed by atoms with van der Waals surface area (Å²) in [6, 6.07) is 0.0628. The summed E-state index contributed by atoms with van der Waals surface area (Å²) in [6.07, 6.45) is 5.25. The molecule has 1 atom stereocenters. The van der Waals surface area contributed by atoms with E-state index in [1.807, 2.05) is 13.1 Å². The quantitative estimate of drug-likeness (QED) is 0.718. The zero-order valence-electron chi connectivity index (χ0n) is 7.80. The molecule has 0 aliphatic rings. The smallest absolute Gasteiger partial charge is 0.106 e. The van der Waals surface area contributed by atoms with E-state index in [0.717, 1.165) is 17.9 Å². The average molecular weight is 167 g/mol. The summed E-state index contributed by atoms with van der Waals surface area (Å²) in [4.78, 5) is 7.45. The summed E-state index contributed by atoms with van der Waals surface area (Å²) in [6.45, 7) is 4.13. The molecule has 1 aromatic heterocycles. The fourth-order valence-electron chi connectivity index (χ4n) is 1.08. The number of aryl methyl sites for hydroxylation is 1. The van der Waals surface area contributed by atoms with Gasteiger partial charge < -0.3 is 10.7 Å². The highest BCUT2D eigenvalue weighted by Gasteiger charge is 2.03. The van der Waals surface area contributed by atoms with E-state index < -0.39 is 0 Å². The van der Waals surface area contributed by atoms with E-state index in [1.165, 1.54) is 12.8 Å². The van der Waals surface area contributed by atoms with Crippen LogP contribution in [0, 0.1) is 0 Å². The molecule has 0 aromatic carbocycles. The van der Waals surface area contributed by atoms with Crippen molar-refractivity contribution in [3.63, 3.8) is 0 Å². The minimum atomic E-state index is 0.0628. The molecule has 0 spiro atoms. The monoisotopic (exact) mass is 167 g/mol. The van der Waals surface area contributed by atoms with Gasteiger partial charge in [0.15, 0.2) is 0 Å². The van der Waals surface area contributed by atoms with Crippen molar-refractivity contribution in [2.45, 2.75) is 39.2 Å². The van der Waals surface area contributed by atoms with Crippen LogP contribution in [0.1, 0.15) is 44.2 Å². The van der Waals surface area contributed by atoms with Gasteiger partial charge in [0, 0.05) is 18.7 Å². The number of aromatic amines is 1. The van der Waals surface area contributed by atoms with Gasteiger partial charge in [-0.15, -0.1) is 0 Å². The molecular formula is C9H17N3. The Bertz CT molecular complexity index is 227. The second kappa shape index (κ2) is 4.26. The largest absolute Gasteiger partial charge is 0.345 e. The van der Waals surface area contributed by atoms with Crippen LogP contribution in [-0.4, -0.2) is 9.97 Å². The van der Waals surface area contributed by atoms with E-state index >= 15 is 0 Å². The number of nitrogens with two attached hydrogens (primary N) is 1. The Morgan fingerprint density at radius 2 is 2.42 bits per heavy atom. The summed E-state index contributed by atoms with van der Waals surface area (Å²) < 4.78 is 0. The van der Waals surface area contributed by atoms with E-state index in [2.05, 4.69) is 16.9 Å². The first kappa shape index (κ1) is 9.26. The maximum Gasteiger partial charge on any atom is 0.106 e. The van der Waals surface area contributed by atoms with E-state index in [0.29, 0.717) is 0 Å². The van der Waals surface area contributed by atoms with Gasteiger partial charge >= 0.3 is 0 Å². The van der Waals surface area contributed by atoms with Crippen LogP contribution in [0.5, 0.6) is 0 Å². The van der Waals surface area contributed by atoms with Crippen LogP contribution in [-0.2, 0) is 6.42 Å². The number of unbranched alkanes of at least 4 members (excludes halogenated alkanes) is 1. The van der Waals surface area contributed by atoms with E-state index in [9.17, 15) is 0 Å². The van der Waals surface area contributed by atoms with Gasteiger partial charge in [0.05, 0.1) is 5.69 Å². The van der Waals surface area contributed by atoms with Crippen LogP contribution < -0.4 is 5.73 Å². The van der Waals surface area contributed by atoms with Crippen molar-refractivity contribution < 1.29 is 0 Å². The first-order chi connectivity index (χ1) is 5.74. The number of hydrogen-bond donors (Lipinski definition) is 2. The Morgan fingerprint density at radius 3 is 2.92 bits per heavy atom. The number of imidazole rings is 1. The second-order valence-corrected chi connectivity index (χ2v) is 3.18. The molecule has 12 heavy (non-hydrogen) atoms. The molecular weight excluding hydrogens is 150 g/mol. The Morgan fingerprint density at radius 1 is 1.67 bits per heavy atom. The molecule has 1 aromatic rings. The lowest BCUT2D eigenvalue weighted by atomic mass is 10.2. The maximum atomic E-state index is 5.68. The molecule has 1 unspecified atom stereocenters. The summed E-state index contributed by atoms with van der Waals surface area (Å²) >= 11 is 0. The minimum Gasteiger partial charge on any atom is -0.345 e. The average Bonchev–Trinajstić information content (AvgIpc) is 2.48. The molecule has 0 aliphatic carbocycles. The molecule has 0 fully saturated rings. The number of nitrogens with one attached hydrogen (secondary N) is 1. The minimum absolute atomic E-state index is 0.0628. The van der Waals surface area contributed by atoms with E-state index in [-0.39, 0.29) is 6.04 Å². The van der Waals surface area contributed by atoms with Gasteiger partial charge in [0.1, 0.15) is 5.82 Å². The van der Waals surface area contributed by atoms with E-state index in [4.69, 9.17) is 5.73 Å². The lowest BCUT2D eigenvalue weighted by Gasteiger charge is -1.98. The lowest BCUT2D eigenvalue weighted by Crippen LogP contribution is -2.05. The van der Waals surface area contributed by atoms with Crippen LogP contribution in [0.25, 0.3) is 0 Å². The standard InChI is InChI=1S/C9H17N3/c1-3-4-5-9-11-6-8(12-9)7(2)10/h6-7H,3-5,10H2,1-2H3,(H,11,12). The summed E-state index contributed by atoms with van der Waals surface area (Å²) in [5.74, 6) is 1.06. The molecule has 68 valence electrons. The molecule has 3 heteroatoms. The van der Waals surface area contributed by atoms with Crippen molar-refractivity contribution in [3.8, 4) is 0 Å². The molecule has 0 radical (unpaired) electrons. The Kier molecular flexibility index (Phi) is 3.29. The van der Waals surface area contributed by atoms with Crippen LogP contribution in [0.2, 0.25) is 0 Å². The Labute approximate surface area is 73.4 Å². The maximum absolute atomic E-state index is 5.68. The lowest BCUT2D eigenvalue weighted by molar-refractivity contribution is 0.745. The zero-order valence-corrected chi connectivity index (χ0v) is 7.80. The van der Waals surface area contributed by atoms with Crippen molar-refractivity contribution in [1.82, 2.24) is 9.97 Å². The highest BCUT2D eigenvalue weighted by molar-refractivity contribution is 5.04. The first-order valence-electron chi connectivity index (χ1n) is 4.53. The number of H-pyrrole nitrogens is 1. The fraction of sp³-hybridized carbons (Fsp3) is 0.667. The number of aromatic nitrogens is 2. The predicted molar refractivity (Wildman–Crippen MR) is 49.8 cm³/mol. The summed E-state index contributed by atoms with van der Waals surface area (Å²) in [7, 11) is 0. The van der Waals surface area contributed by atoms with Gasteiger partial charge in [-0.3, -0.25) is 0 Å². The zero-order chi connectivity index (χ0) is 8.97. The molecule has 0 amide bonds. The highest BCUT2D eigenvalue weighted by Crippen LogP contribution is 2.07. The van der Waals surface area contributed by atoms with Gasteiger partial charge in [0.25, 0.3) is 0 Å². The summed E-state index contributed by atoms with van der Waals surface area (Å²) in [5, 5.41) is 0. The third-order valence-electron chi connectivity index (χ3n) is 1.91. The SMILES string of the molecule is CCCCc1ncc(C(C)N)[nH]1. The van der Waals surface area contributed by atoms with Crippen molar-refractivity contribution in [2.75, 3.05) is 0 Å². The van der Waals surface area contributed by atoms with Gasteiger partial charge in [-0.25, -0.2) is 4.98 Å². The van der Waals surface area contributed by atoms with E-state index in [1.54, 1.807) is 0 Å². The molecule has 0 bridgehead atoms. The Hall–Kier alpha value is -0.830. The van der Waals surface area contributed by atoms with Gasteiger partial charge in [-0.1, -0.05) is 13.3 Å². The number of rotatable bonds is 4. The second-order valence-electron chi connectivity index (χ2n) is 3.18. The van der Waals surface area contributed by atoms with Crippen molar-refractivity contribution >= 4 is 0 Å². The number of nitrogens with zero attached hydrogens (tertiary/aromatic N) is 1. The third-order valence-corrected chi connectivity index (χ3v) is 1.91. The predicted octanol–water partition coefficient (Wildman–Crippen LogP) is 1.77. The Balaban J connectivity index is 2.52. The topological polar surface area (TPSA) is 54.7 Å². The van der Waals surface area contributed by atoms with Crippen LogP contribution in [0.4, 0.5) is 0 Å². The molecule has 0 saturated heterocycles. The number of hydrogen-bond acceptors (Lipinski definition) is 2. The van der Waals surface area contributed by atoms with Crippen molar-refractivity contribution in [2.24, 2.45) is 5.73 Å². The molecule has 0 saturated carbocycles. The molecule has 1 rings (SSSR count). The molecule has 3 N–H and O–H groups in total. The fourth-order valence-corrected chi connectivity index (χ4v) is 1.08. The third kappa shape index (κ3) is 2.34. The normalized spacial score (nSPS) is 13.2. The van der Waals surface area contributed by atoms with Crippen molar-refractivity contribution in [3.05, 3.63) is 17.7 Å². The van der Waals surface area contributed by atoms with Crippen LogP contribution in [0.3, 0.4) is 0 Å². The van der Waals surface area contributed by atoms with Crippen LogP contribution in [0.15, 0.2) is 6.20 Å². The van der Waals surface area contributed by atoms with Gasteiger partial charge in [-0.05, 0) is 13.3 Å². The van der Waals surface area contributed by atoms with Gasteiger partial charge in [-0.2, -0.15) is 0 Å². The summed E-state index contributed by atoms with van der Waals surface area (Å²) in [5.41, 5.74) is 6.71. The first-order valence-corrected chi connectivity index (χ1v) is 4.53. The molecule has 1 heterocycles. The molecule has 0 aliphatic heterocycles. The van der Waals surface area contributed by atoms with Crippen molar-refractivity contribution in [1.29, 1.82) is 0 Å². The van der Waals surface area contributed by atoms with Gasteiger partial charge in [0.2, 0.25) is 0 Å². The highest BCUT2D eigenvalue weighted by atomic mass is 14.9.